The van der Waals surface area contributed by atoms with Crippen molar-refractivity contribution in [1.82, 2.24) is 35.2 Å². The molecule has 10 nitrogen and oxygen atoms in total. The van der Waals surface area contributed by atoms with Gasteiger partial charge in [-0.25, -0.2) is 18.1 Å². The number of tetrazole rings is 1. The molecule has 3 heterocycles. The van der Waals surface area contributed by atoms with Crippen molar-refractivity contribution in [3.05, 3.63) is 99.9 Å². The predicted molar refractivity (Wildman–Crippen MR) is 148 cm³/mol. The summed E-state index contributed by atoms with van der Waals surface area (Å²) in [5.74, 6) is -0.195. The Balaban J connectivity index is 1.26. The number of amides is 1. The molecule has 0 fully saturated rings. The largest absolute Gasteiger partial charge is 0.493 e. The lowest BCUT2D eigenvalue weighted by atomic mass is 10.0. The molecule has 1 unspecified atom stereocenters. The number of hydrogen-bond acceptors (Lipinski definition) is 7. The first-order chi connectivity index (χ1) is 19.9. The Hall–Kier alpha value is -4.52. The number of rotatable bonds is 7. The highest BCUT2D eigenvalue weighted by molar-refractivity contribution is 9.10. The van der Waals surface area contributed by atoms with Crippen molar-refractivity contribution < 1.29 is 18.3 Å². The molecule has 0 saturated carbocycles. The molecule has 0 spiro atoms. The van der Waals surface area contributed by atoms with Gasteiger partial charge < -0.3 is 10.1 Å². The van der Waals surface area contributed by atoms with Gasteiger partial charge in [0.05, 0.1) is 18.8 Å². The Morgan fingerprint density at radius 3 is 2.80 bits per heavy atom. The Morgan fingerprint density at radius 2 is 2.00 bits per heavy atom. The molecule has 0 radical (unpaired) electrons. The summed E-state index contributed by atoms with van der Waals surface area (Å²) in [5.41, 5.74) is 2.38. The normalized spacial score (nSPS) is 15.2. The smallest absolute Gasteiger partial charge is 0.249 e. The number of anilines is 1. The Labute approximate surface area is 241 Å². The lowest BCUT2D eigenvalue weighted by molar-refractivity contribution is -0.119. The summed E-state index contributed by atoms with van der Waals surface area (Å²) >= 11 is 3.50. The number of nitrogens with zero attached hydrogens (tertiary/aromatic N) is 7. The second kappa shape index (κ2) is 11.2. The standard InChI is InChI=1S/C28H23BrF2N8O2/c1-16-33-35-37-39(16)26(12-17-3-2-4-19(30)11-17)28(40)32-20-6-7-23(31)21(14-20)24-15-38(36-34-24)25-9-10-41-27-8-5-18(29)13-22(25)27/h2-8,11,13-15,25-26H,9-10,12H2,1H3,(H,32,40)/t25-,26?/m1/s1. The van der Waals surface area contributed by atoms with Crippen LogP contribution >= 0.6 is 15.9 Å². The van der Waals surface area contributed by atoms with Gasteiger partial charge in [0.2, 0.25) is 5.91 Å². The molecule has 1 aliphatic heterocycles. The molecule has 1 N–H and O–H groups in total. The van der Waals surface area contributed by atoms with Crippen molar-refractivity contribution >= 4 is 27.5 Å². The highest BCUT2D eigenvalue weighted by Gasteiger charge is 2.27. The van der Waals surface area contributed by atoms with Crippen LogP contribution < -0.4 is 10.1 Å². The third kappa shape index (κ3) is 5.57. The van der Waals surface area contributed by atoms with Crippen LogP contribution in [0.4, 0.5) is 14.5 Å². The van der Waals surface area contributed by atoms with Crippen LogP contribution in [0.25, 0.3) is 11.3 Å². The summed E-state index contributed by atoms with van der Waals surface area (Å²) in [6, 6.07) is 15.0. The Kier molecular flexibility index (Phi) is 7.26. The van der Waals surface area contributed by atoms with Crippen molar-refractivity contribution in [3.63, 3.8) is 0 Å². The molecule has 1 amide bonds. The number of fused-ring (bicyclic) bond motifs is 1. The van der Waals surface area contributed by atoms with E-state index in [9.17, 15) is 9.18 Å². The summed E-state index contributed by atoms with van der Waals surface area (Å²) in [6.07, 6.45) is 2.50. The topological polar surface area (TPSA) is 113 Å². The highest BCUT2D eigenvalue weighted by atomic mass is 79.9. The Morgan fingerprint density at radius 1 is 1.12 bits per heavy atom. The van der Waals surface area contributed by atoms with Gasteiger partial charge in [0.1, 0.15) is 34.9 Å². The van der Waals surface area contributed by atoms with Gasteiger partial charge in [-0.05, 0) is 71.4 Å². The van der Waals surface area contributed by atoms with Gasteiger partial charge in [-0.2, -0.15) is 0 Å². The van der Waals surface area contributed by atoms with Gasteiger partial charge in [-0.15, -0.1) is 10.2 Å². The zero-order chi connectivity index (χ0) is 28.5. The van der Waals surface area contributed by atoms with Gasteiger partial charge in [-0.1, -0.05) is 33.3 Å². The van der Waals surface area contributed by atoms with Gasteiger partial charge >= 0.3 is 0 Å². The zero-order valence-corrected chi connectivity index (χ0v) is 23.3. The molecule has 6 rings (SSSR count). The fraction of sp³-hybridized carbons (Fsp3) is 0.214. The number of aryl methyl sites for hydroxylation is 1. The van der Waals surface area contributed by atoms with Crippen LogP contribution in [0, 0.1) is 18.6 Å². The van der Waals surface area contributed by atoms with Gasteiger partial charge in [-0.3, -0.25) is 4.79 Å². The van der Waals surface area contributed by atoms with Crippen LogP contribution in [-0.2, 0) is 11.2 Å². The van der Waals surface area contributed by atoms with E-state index in [-0.39, 0.29) is 18.0 Å². The van der Waals surface area contributed by atoms with Crippen LogP contribution in [0.3, 0.4) is 0 Å². The second-order valence-corrected chi connectivity index (χ2v) is 10.5. The number of carbonyl (C=O) groups is 1. The first-order valence-corrected chi connectivity index (χ1v) is 13.6. The van der Waals surface area contributed by atoms with Crippen LogP contribution in [0.2, 0.25) is 0 Å². The number of carbonyl (C=O) groups excluding carboxylic acids is 1. The molecule has 2 atom stereocenters. The van der Waals surface area contributed by atoms with E-state index in [2.05, 4.69) is 47.1 Å². The summed E-state index contributed by atoms with van der Waals surface area (Å²) in [5, 5.41) is 22.8. The molecule has 0 bridgehead atoms. The van der Waals surface area contributed by atoms with Crippen LogP contribution in [0.1, 0.15) is 35.5 Å². The van der Waals surface area contributed by atoms with Crippen LogP contribution in [0.15, 0.2) is 71.3 Å². The number of nitrogens with one attached hydrogen (secondary N) is 1. The maximum Gasteiger partial charge on any atom is 0.249 e. The maximum atomic E-state index is 15.0. The van der Waals surface area contributed by atoms with Crippen molar-refractivity contribution in [2.45, 2.75) is 31.8 Å². The fourth-order valence-corrected chi connectivity index (χ4v) is 5.28. The molecular formula is C28H23BrF2N8O2. The average Bonchev–Trinajstić information content (AvgIpc) is 3.62. The summed E-state index contributed by atoms with van der Waals surface area (Å²) in [7, 11) is 0. The summed E-state index contributed by atoms with van der Waals surface area (Å²) in [6.45, 7) is 2.18. The number of halogens is 3. The predicted octanol–water partition coefficient (Wildman–Crippen LogP) is 5.08. The first kappa shape index (κ1) is 26.7. The molecule has 0 saturated heterocycles. The number of benzene rings is 3. The number of aromatic nitrogens is 7. The summed E-state index contributed by atoms with van der Waals surface area (Å²) in [4.78, 5) is 13.5. The number of ether oxygens (including phenoxy) is 1. The van der Waals surface area contributed by atoms with Crippen molar-refractivity contribution in [2.75, 3.05) is 11.9 Å². The van der Waals surface area contributed by atoms with E-state index in [1.807, 2.05) is 18.2 Å². The minimum atomic E-state index is -0.880. The molecule has 3 aromatic carbocycles. The molecule has 2 aromatic heterocycles. The fourth-order valence-electron chi connectivity index (χ4n) is 4.90. The van der Waals surface area contributed by atoms with E-state index in [4.69, 9.17) is 4.74 Å². The third-order valence-electron chi connectivity index (χ3n) is 6.89. The highest BCUT2D eigenvalue weighted by Crippen LogP contribution is 2.37. The van der Waals surface area contributed by atoms with Crippen molar-refractivity contribution in [1.29, 1.82) is 0 Å². The summed E-state index contributed by atoms with van der Waals surface area (Å²) < 4.78 is 38.6. The van der Waals surface area contributed by atoms with Gasteiger partial charge in [0.15, 0.2) is 0 Å². The molecule has 13 heteroatoms. The first-order valence-electron chi connectivity index (χ1n) is 12.8. The quantitative estimate of drug-likeness (QED) is 0.270. The molecule has 41 heavy (non-hydrogen) atoms. The SMILES string of the molecule is Cc1nnnn1C(Cc1cccc(F)c1)C(=O)Nc1ccc(F)c(-c2cn([C@@H]3CCOc4ccc(Br)cc43)nn2)c1. The van der Waals surface area contributed by atoms with E-state index in [0.717, 1.165) is 15.8 Å². The monoisotopic (exact) mass is 620 g/mol. The second-order valence-electron chi connectivity index (χ2n) is 9.62. The maximum absolute atomic E-state index is 15.0. The minimum absolute atomic E-state index is 0.133. The number of hydrogen-bond donors (Lipinski definition) is 1. The molecule has 208 valence electrons. The van der Waals surface area contributed by atoms with E-state index in [1.165, 1.54) is 35.0 Å². The zero-order valence-electron chi connectivity index (χ0n) is 21.7. The third-order valence-corrected chi connectivity index (χ3v) is 7.39. The lowest BCUT2D eigenvalue weighted by Crippen LogP contribution is -2.29. The van der Waals surface area contributed by atoms with E-state index in [0.29, 0.717) is 35.8 Å². The van der Waals surface area contributed by atoms with Gasteiger partial charge in [0.25, 0.3) is 0 Å². The Bertz CT molecular complexity index is 1740. The molecule has 1 aliphatic rings. The van der Waals surface area contributed by atoms with Crippen molar-refractivity contribution in [2.24, 2.45) is 0 Å². The molecule has 5 aromatic rings. The minimum Gasteiger partial charge on any atom is -0.493 e. The van der Waals surface area contributed by atoms with Crippen molar-refractivity contribution in [3.8, 4) is 17.0 Å². The molecule has 0 aliphatic carbocycles. The lowest BCUT2D eigenvalue weighted by Gasteiger charge is -2.25. The van der Waals surface area contributed by atoms with Crippen LogP contribution in [0.5, 0.6) is 5.75 Å². The average molecular weight is 621 g/mol. The van der Waals surface area contributed by atoms with E-state index < -0.39 is 23.6 Å². The van der Waals surface area contributed by atoms with E-state index >= 15 is 4.39 Å². The van der Waals surface area contributed by atoms with Gasteiger partial charge in [0, 0.05) is 34.1 Å². The van der Waals surface area contributed by atoms with Crippen LogP contribution in [-0.4, -0.2) is 47.7 Å². The molecular weight excluding hydrogens is 598 g/mol. The van der Waals surface area contributed by atoms with E-state index in [1.54, 1.807) is 29.9 Å².